The van der Waals surface area contributed by atoms with Gasteiger partial charge in [-0.05, 0) is 37.8 Å². The lowest BCUT2D eigenvalue weighted by molar-refractivity contribution is -0.139. The van der Waals surface area contributed by atoms with Crippen LogP contribution < -0.4 is 10.2 Å². The highest BCUT2D eigenvalue weighted by Crippen LogP contribution is 2.25. The molecule has 1 aromatic heterocycles. The molecule has 0 bridgehead atoms. The first-order chi connectivity index (χ1) is 12.6. The van der Waals surface area contributed by atoms with Gasteiger partial charge in [0, 0.05) is 32.5 Å². The number of hydrogen-bond donors (Lipinski definition) is 2. The number of carbonyl (C=O) groups is 2. The molecule has 2 aliphatic rings. The summed E-state index contributed by atoms with van der Waals surface area (Å²) in [6, 6.07) is 3.66. The summed E-state index contributed by atoms with van der Waals surface area (Å²) < 4.78 is 5.32. The number of nitrogens with one attached hydrogen (secondary N) is 1. The van der Waals surface area contributed by atoms with Crippen LogP contribution in [0.5, 0.6) is 0 Å². The quantitative estimate of drug-likeness (QED) is 0.835. The maximum atomic E-state index is 12.6. The maximum Gasteiger partial charge on any atom is 0.305 e. The van der Waals surface area contributed by atoms with E-state index in [-0.39, 0.29) is 12.3 Å². The minimum Gasteiger partial charge on any atom is -0.481 e. The molecule has 0 aromatic carbocycles. The molecule has 7 heteroatoms. The first kappa shape index (κ1) is 18.6. The molecule has 3 heterocycles. The van der Waals surface area contributed by atoms with Gasteiger partial charge in [-0.1, -0.05) is 12.8 Å². The van der Waals surface area contributed by atoms with Crippen LogP contribution in [0.3, 0.4) is 0 Å². The minimum absolute atomic E-state index is 0.0958. The Morgan fingerprint density at radius 1 is 1.15 bits per heavy atom. The van der Waals surface area contributed by atoms with E-state index in [2.05, 4.69) is 15.2 Å². The highest BCUT2D eigenvalue weighted by atomic mass is 16.5. The van der Waals surface area contributed by atoms with E-state index in [4.69, 9.17) is 4.74 Å². The summed E-state index contributed by atoms with van der Waals surface area (Å²) in [6.07, 6.45) is 7.35. The molecule has 0 radical (unpaired) electrons. The molecule has 2 fully saturated rings. The molecule has 26 heavy (non-hydrogen) atoms. The van der Waals surface area contributed by atoms with Crippen molar-refractivity contribution in [2.75, 3.05) is 31.2 Å². The number of amides is 1. The van der Waals surface area contributed by atoms with Crippen LogP contribution in [0.4, 0.5) is 5.82 Å². The lowest BCUT2D eigenvalue weighted by Gasteiger charge is -2.36. The van der Waals surface area contributed by atoms with Gasteiger partial charge in [0.05, 0.1) is 17.5 Å². The van der Waals surface area contributed by atoms with Crippen molar-refractivity contribution < 1.29 is 19.4 Å². The van der Waals surface area contributed by atoms with Crippen LogP contribution in [0, 0.1) is 0 Å². The predicted molar refractivity (Wildman–Crippen MR) is 97.4 cm³/mol. The normalized spacial score (nSPS) is 20.2. The Bertz CT molecular complexity index is 618. The summed E-state index contributed by atoms with van der Waals surface area (Å²) in [5.41, 5.74) is -0.287. The lowest BCUT2D eigenvalue weighted by atomic mass is 9.86. The fourth-order valence-corrected chi connectivity index (χ4v) is 3.72. The zero-order valence-corrected chi connectivity index (χ0v) is 15.1. The Kier molecular flexibility index (Phi) is 6.08. The average Bonchev–Trinajstić information content (AvgIpc) is 2.91. The van der Waals surface area contributed by atoms with Crippen LogP contribution in [-0.2, 0) is 9.53 Å². The van der Waals surface area contributed by atoms with E-state index in [0.29, 0.717) is 31.6 Å². The number of aromatic nitrogens is 1. The fraction of sp³-hybridized carbons (Fsp3) is 0.632. The molecule has 2 saturated heterocycles. The number of aliphatic carboxylic acids is 1. The van der Waals surface area contributed by atoms with E-state index in [1.54, 1.807) is 12.3 Å². The molecule has 2 aliphatic heterocycles. The lowest BCUT2D eigenvalue weighted by Crippen LogP contribution is -2.53. The molecule has 0 aliphatic carbocycles. The van der Waals surface area contributed by atoms with Gasteiger partial charge in [-0.15, -0.1) is 0 Å². The zero-order valence-electron chi connectivity index (χ0n) is 15.1. The molecule has 3 rings (SSSR count). The van der Waals surface area contributed by atoms with Crippen molar-refractivity contribution in [1.82, 2.24) is 10.3 Å². The van der Waals surface area contributed by atoms with Gasteiger partial charge < -0.3 is 20.1 Å². The van der Waals surface area contributed by atoms with Crippen molar-refractivity contribution in [3.05, 3.63) is 23.9 Å². The minimum atomic E-state index is -0.915. The summed E-state index contributed by atoms with van der Waals surface area (Å²) in [5, 5.41) is 12.1. The van der Waals surface area contributed by atoms with Crippen LogP contribution >= 0.6 is 0 Å². The van der Waals surface area contributed by atoms with E-state index >= 15 is 0 Å². The third-order valence-corrected chi connectivity index (χ3v) is 5.26. The largest absolute Gasteiger partial charge is 0.481 e. The molecule has 0 unspecified atom stereocenters. The summed E-state index contributed by atoms with van der Waals surface area (Å²) in [5.74, 6) is -0.292. The first-order valence-electron chi connectivity index (χ1n) is 9.41. The summed E-state index contributed by atoms with van der Waals surface area (Å²) >= 11 is 0. The Hall–Kier alpha value is -2.15. The van der Waals surface area contributed by atoms with Crippen LogP contribution in [0.15, 0.2) is 18.3 Å². The molecular formula is C19H27N3O4. The third kappa shape index (κ3) is 4.72. The Labute approximate surface area is 153 Å². The number of hydrogen-bond acceptors (Lipinski definition) is 5. The van der Waals surface area contributed by atoms with E-state index in [9.17, 15) is 14.7 Å². The molecule has 7 nitrogen and oxygen atoms in total. The number of nitrogens with zero attached hydrogens (tertiary/aromatic N) is 2. The van der Waals surface area contributed by atoms with E-state index in [0.717, 1.165) is 18.9 Å². The molecule has 1 aromatic rings. The van der Waals surface area contributed by atoms with Crippen LogP contribution in [0.2, 0.25) is 0 Å². The summed E-state index contributed by atoms with van der Waals surface area (Å²) in [7, 11) is 0. The number of carbonyl (C=O) groups excluding carboxylic acids is 1. The second-order valence-corrected chi connectivity index (χ2v) is 7.22. The van der Waals surface area contributed by atoms with E-state index < -0.39 is 11.5 Å². The molecule has 0 atom stereocenters. The van der Waals surface area contributed by atoms with Crippen molar-refractivity contribution in [1.29, 1.82) is 0 Å². The molecule has 0 saturated carbocycles. The number of carboxylic acids is 1. The number of pyridine rings is 1. The van der Waals surface area contributed by atoms with Gasteiger partial charge in [0.1, 0.15) is 5.82 Å². The van der Waals surface area contributed by atoms with Crippen molar-refractivity contribution in [3.8, 4) is 0 Å². The number of ether oxygens (including phenoxy) is 1. The molecule has 1 amide bonds. The standard InChI is InChI=1S/C19H27N3O4/c23-17(24)13-19(7-11-26-12-8-19)21-18(25)15-5-6-16(20-14-15)22-9-3-1-2-4-10-22/h5-6,14H,1-4,7-13H2,(H,21,25)(H,23,24). The topological polar surface area (TPSA) is 91.8 Å². The Morgan fingerprint density at radius 2 is 1.85 bits per heavy atom. The molecular weight excluding hydrogens is 334 g/mol. The van der Waals surface area contributed by atoms with Gasteiger partial charge in [-0.3, -0.25) is 9.59 Å². The predicted octanol–water partition coefficient (Wildman–Crippen LogP) is 2.22. The van der Waals surface area contributed by atoms with Crippen molar-refractivity contribution in [2.24, 2.45) is 0 Å². The Balaban J connectivity index is 1.67. The van der Waals surface area contributed by atoms with Crippen LogP contribution in [0.1, 0.15) is 55.3 Å². The first-order valence-corrected chi connectivity index (χ1v) is 9.41. The van der Waals surface area contributed by atoms with Crippen LogP contribution in [0.25, 0.3) is 0 Å². The van der Waals surface area contributed by atoms with Gasteiger partial charge in [0.25, 0.3) is 5.91 Å². The Morgan fingerprint density at radius 3 is 2.42 bits per heavy atom. The summed E-state index contributed by atoms with van der Waals surface area (Å²) in [4.78, 5) is 30.6. The zero-order chi connectivity index (χ0) is 18.4. The van der Waals surface area contributed by atoms with Gasteiger partial charge in [-0.2, -0.15) is 0 Å². The average molecular weight is 361 g/mol. The molecule has 142 valence electrons. The molecule has 2 N–H and O–H groups in total. The van der Waals surface area contributed by atoms with Crippen molar-refractivity contribution >= 4 is 17.7 Å². The van der Waals surface area contributed by atoms with E-state index in [1.165, 1.54) is 25.7 Å². The van der Waals surface area contributed by atoms with Crippen molar-refractivity contribution in [2.45, 2.75) is 50.5 Å². The van der Waals surface area contributed by atoms with Gasteiger partial charge in [-0.25, -0.2) is 4.98 Å². The van der Waals surface area contributed by atoms with E-state index in [1.807, 2.05) is 6.07 Å². The van der Waals surface area contributed by atoms with Gasteiger partial charge in [0.15, 0.2) is 0 Å². The second kappa shape index (κ2) is 8.49. The number of anilines is 1. The number of rotatable bonds is 5. The summed E-state index contributed by atoms with van der Waals surface area (Å²) in [6.45, 7) is 2.92. The third-order valence-electron chi connectivity index (χ3n) is 5.26. The fourth-order valence-electron chi connectivity index (χ4n) is 3.72. The van der Waals surface area contributed by atoms with Gasteiger partial charge in [0.2, 0.25) is 0 Å². The van der Waals surface area contributed by atoms with Crippen molar-refractivity contribution in [3.63, 3.8) is 0 Å². The maximum absolute atomic E-state index is 12.6. The monoisotopic (exact) mass is 361 g/mol. The number of carboxylic acid groups (broad SMARTS) is 1. The smallest absolute Gasteiger partial charge is 0.305 e. The second-order valence-electron chi connectivity index (χ2n) is 7.22. The highest BCUT2D eigenvalue weighted by molar-refractivity contribution is 5.94. The van der Waals surface area contributed by atoms with Gasteiger partial charge >= 0.3 is 5.97 Å². The SMILES string of the molecule is O=C(O)CC1(NC(=O)c2ccc(N3CCCCCC3)nc2)CCOCC1. The van der Waals surface area contributed by atoms with Crippen LogP contribution in [-0.4, -0.2) is 53.8 Å². The molecule has 0 spiro atoms. The highest BCUT2D eigenvalue weighted by Gasteiger charge is 2.36.